The first-order valence-corrected chi connectivity index (χ1v) is 8.43. The molecule has 0 bridgehead atoms. The maximum Gasteiger partial charge on any atom is 0.409 e. The van der Waals surface area contributed by atoms with Crippen molar-refractivity contribution in [3.8, 4) is 0 Å². The van der Waals surface area contributed by atoms with Gasteiger partial charge in [-0.15, -0.1) is 0 Å². The number of benzene rings is 1. The number of nitrogens with zero attached hydrogens (tertiary/aromatic N) is 2. The Balaban J connectivity index is 1.78. The molecule has 6 nitrogen and oxygen atoms in total. The number of carbonyl (C=O) groups is 2. The van der Waals surface area contributed by atoms with Crippen LogP contribution in [0.2, 0.25) is 0 Å². The van der Waals surface area contributed by atoms with E-state index in [0.29, 0.717) is 38.5 Å². The molecule has 0 saturated carbocycles. The highest BCUT2D eigenvalue weighted by molar-refractivity contribution is 5.78. The Bertz CT molecular complexity index is 539. The van der Waals surface area contributed by atoms with Gasteiger partial charge in [0.15, 0.2) is 0 Å². The van der Waals surface area contributed by atoms with Gasteiger partial charge >= 0.3 is 6.09 Å². The van der Waals surface area contributed by atoms with Crippen molar-refractivity contribution in [1.29, 1.82) is 0 Å². The molecule has 132 valence electrons. The van der Waals surface area contributed by atoms with E-state index in [0.717, 1.165) is 10.6 Å². The van der Waals surface area contributed by atoms with E-state index in [-0.39, 0.29) is 24.5 Å². The van der Waals surface area contributed by atoms with Gasteiger partial charge in [-0.1, -0.05) is 44.2 Å². The second kappa shape index (κ2) is 8.68. The van der Waals surface area contributed by atoms with Gasteiger partial charge in [0.2, 0.25) is 5.91 Å². The fourth-order valence-corrected chi connectivity index (χ4v) is 2.68. The number of carbonyl (C=O) groups excluding carboxylic acids is 2. The van der Waals surface area contributed by atoms with Crippen molar-refractivity contribution in [2.24, 2.45) is 11.8 Å². The van der Waals surface area contributed by atoms with Gasteiger partial charge in [-0.05, 0) is 24.3 Å². The zero-order chi connectivity index (χ0) is 17.5. The first kappa shape index (κ1) is 18.3. The van der Waals surface area contributed by atoms with Gasteiger partial charge in [0, 0.05) is 19.0 Å². The second-order valence-corrected chi connectivity index (χ2v) is 6.61. The number of amides is 2. The van der Waals surface area contributed by atoms with E-state index in [1.807, 2.05) is 44.2 Å². The highest BCUT2D eigenvalue weighted by atomic mass is 16.6. The van der Waals surface area contributed by atoms with E-state index in [9.17, 15) is 14.8 Å². The van der Waals surface area contributed by atoms with Crippen molar-refractivity contribution in [1.82, 2.24) is 9.96 Å². The molecule has 1 aliphatic heterocycles. The average molecular weight is 334 g/mol. The van der Waals surface area contributed by atoms with Crippen molar-refractivity contribution in [3.05, 3.63) is 35.9 Å². The topological polar surface area (TPSA) is 70.1 Å². The Hall–Kier alpha value is -2.08. The van der Waals surface area contributed by atoms with Crippen molar-refractivity contribution in [3.63, 3.8) is 0 Å². The van der Waals surface area contributed by atoms with Gasteiger partial charge < -0.3 is 9.64 Å². The van der Waals surface area contributed by atoms with Crippen molar-refractivity contribution >= 4 is 12.0 Å². The molecule has 0 unspecified atom stereocenters. The lowest BCUT2D eigenvalue weighted by Crippen LogP contribution is -2.43. The number of rotatable bonds is 5. The molecule has 0 spiro atoms. The van der Waals surface area contributed by atoms with E-state index >= 15 is 0 Å². The molecule has 1 fully saturated rings. The summed E-state index contributed by atoms with van der Waals surface area (Å²) in [6, 6.07) is 9.36. The summed E-state index contributed by atoms with van der Waals surface area (Å²) in [5.41, 5.74) is 0.878. The molecule has 1 heterocycles. The maximum atomic E-state index is 12.3. The summed E-state index contributed by atoms with van der Waals surface area (Å²) in [6.07, 6.45) is 0.767. The zero-order valence-electron chi connectivity index (χ0n) is 14.4. The lowest BCUT2D eigenvalue weighted by molar-refractivity contribution is -0.174. The Morgan fingerprint density at radius 1 is 1.25 bits per heavy atom. The summed E-state index contributed by atoms with van der Waals surface area (Å²) >= 11 is 0. The summed E-state index contributed by atoms with van der Waals surface area (Å²) in [4.78, 5) is 25.9. The molecular weight excluding hydrogens is 308 g/mol. The first-order chi connectivity index (χ1) is 11.5. The van der Waals surface area contributed by atoms with Gasteiger partial charge in [0.1, 0.15) is 0 Å². The van der Waals surface area contributed by atoms with Gasteiger partial charge in [-0.3, -0.25) is 10.0 Å². The normalized spacial score (nSPS) is 15.4. The van der Waals surface area contributed by atoms with Gasteiger partial charge in [-0.25, -0.2) is 9.86 Å². The minimum Gasteiger partial charge on any atom is -0.449 e. The predicted octanol–water partition coefficient (Wildman–Crippen LogP) is 2.91. The smallest absolute Gasteiger partial charge is 0.409 e. The van der Waals surface area contributed by atoms with Crippen molar-refractivity contribution in [2.45, 2.75) is 33.2 Å². The molecule has 1 N–H and O–H groups in total. The fraction of sp³-hybridized carbons (Fsp3) is 0.556. The quantitative estimate of drug-likeness (QED) is 0.664. The van der Waals surface area contributed by atoms with Crippen LogP contribution in [0.4, 0.5) is 4.79 Å². The molecule has 6 heteroatoms. The SMILES string of the molecule is CC(C)COC(=O)N1CCC(C(=O)N(O)Cc2ccccc2)CC1. The van der Waals surface area contributed by atoms with Crippen molar-refractivity contribution < 1.29 is 19.5 Å². The molecule has 1 aromatic rings. The van der Waals surface area contributed by atoms with Crippen LogP contribution in [-0.4, -0.2) is 46.9 Å². The molecule has 1 aromatic carbocycles. The van der Waals surface area contributed by atoms with Crippen LogP contribution in [-0.2, 0) is 16.1 Å². The Kier molecular flexibility index (Phi) is 6.61. The van der Waals surface area contributed by atoms with Crippen LogP contribution in [0.1, 0.15) is 32.3 Å². The Labute approximate surface area is 143 Å². The van der Waals surface area contributed by atoms with Crippen LogP contribution in [0, 0.1) is 11.8 Å². The molecule has 24 heavy (non-hydrogen) atoms. The lowest BCUT2D eigenvalue weighted by atomic mass is 9.96. The fourth-order valence-electron chi connectivity index (χ4n) is 2.68. The summed E-state index contributed by atoms with van der Waals surface area (Å²) in [7, 11) is 0. The van der Waals surface area contributed by atoms with E-state index in [1.165, 1.54) is 0 Å². The largest absolute Gasteiger partial charge is 0.449 e. The lowest BCUT2D eigenvalue weighted by Gasteiger charge is -2.32. The van der Waals surface area contributed by atoms with E-state index in [2.05, 4.69) is 0 Å². The molecule has 0 atom stereocenters. The third kappa shape index (κ3) is 5.23. The number of piperidine rings is 1. The Morgan fingerprint density at radius 3 is 2.46 bits per heavy atom. The van der Waals surface area contributed by atoms with Gasteiger partial charge in [0.05, 0.1) is 13.2 Å². The van der Waals surface area contributed by atoms with E-state index in [4.69, 9.17) is 4.74 Å². The van der Waals surface area contributed by atoms with Crippen LogP contribution < -0.4 is 0 Å². The van der Waals surface area contributed by atoms with Crippen LogP contribution in [0.5, 0.6) is 0 Å². The number of hydrogen-bond acceptors (Lipinski definition) is 4. The molecule has 1 saturated heterocycles. The standard InChI is InChI=1S/C18H26N2O4/c1-14(2)13-24-18(22)19-10-8-16(9-11-19)17(21)20(23)12-15-6-4-3-5-7-15/h3-7,14,16,23H,8-13H2,1-2H3. The molecular formula is C18H26N2O4. The summed E-state index contributed by atoms with van der Waals surface area (Å²) in [5, 5.41) is 10.8. The molecule has 2 amide bonds. The predicted molar refractivity (Wildman–Crippen MR) is 89.3 cm³/mol. The zero-order valence-corrected chi connectivity index (χ0v) is 14.4. The minimum atomic E-state index is -0.320. The highest BCUT2D eigenvalue weighted by Gasteiger charge is 2.30. The number of likely N-dealkylation sites (tertiary alicyclic amines) is 1. The summed E-state index contributed by atoms with van der Waals surface area (Å²) in [5.74, 6) is -0.240. The van der Waals surface area contributed by atoms with E-state index < -0.39 is 0 Å². The van der Waals surface area contributed by atoms with Crippen LogP contribution in [0.25, 0.3) is 0 Å². The molecule has 0 aliphatic carbocycles. The maximum absolute atomic E-state index is 12.3. The monoisotopic (exact) mass is 334 g/mol. The molecule has 0 radical (unpaired) electrons. The van der Waals surface area contributed by atoms with Crippen LogP contribution in [0.3, 0.4) is 0 Å². The third-order valence-corrected chi connectivity index (χ3v) is 4.07. The molecule has 2 rings (SSSR count). The third-order valence-electron chi connectivity index (χ3n) is 4.07. The molecule has 1 aliphatic rings. The van der Waals surface area contributed by atoms with Crippen molar-refractivity contribution in [2.75, 3.05) is 19.7 Å². The number of hydroxylamine groups is 2. The van der Waals surface area contributed by atoms with Crippen LogP contribution in [0.15, 0.2) is 30.3 Å². The number of ether oxygens (including phenoxy) is 1. The number of hydrogen-bond donors (Lipinski definition) is 1. The van der Waals surface area contributed by atoms with E-state index in [1.54, 1.807) is 4.90 Å². The first-order valence-electron chi connectivity index (χ1n) is 8.43. The second-order valence-electron chi connectivity index (χ2n) is 6.61. The highest BCUT2D eigenvalue weighted by Crippen LogP contribution is 2.20. The van der Waals surface area contributed by atoms with Gasteiger partial charge in [0.25, 0.3) is 0 Å². The van der Waals surface area contributed by atoms with Gasteiger partial charge in [-0.2, -0.15) is 0 Å². The molecule has 0 aromatic heterocycles. The summed E-state index contributed by atoms with van der Waals surface area (Å²) < 4.78 is 5.21. The Morgan fingerprint density at radius 2 is 1.88 bits per heavy atom. The minimum absolute atomic E-state index is 0.177. The summed E-state index contributed by atoms with van der Waals surface area (Å²) in [6.45, 7) is 5.51. The average Bonchev–Trinajstić information content (AvgIpc) is 2.60. The van der Waals surface area contributed by atoms with Crippen LogP contribution >= 0.6 is 0 Å².